The standard InChI is InChI=1S/C45H44F6N8O11/c1-3-26(24-70-33-6-4-5-30-39(33)43(65)59(42(30)64)32-8-10-36(60)55-41(32)63)23-58(52-2)12-14-66-15-16-67-17-18-68-25-37(61)54-11-13-69-34-9-7-29(31-20-35(57-56-31)45(49,50)51)40(62)38(34)27-19-28(22-53-21-27)44(46,47)48/h3-7,9,19-23,32,62H,1-2,8,10-18,24-25H2,(H,54,61)(H,56,57)(H,55,60,63)/b26-23+. The van der Waals surface area contributed by atoms with Crippen molar-refractivity contribution < 1.29 is 79.1 Å². The van der Waals surface area contributed by atoms with E-state index in [9.17, 15) is 55.4 Å². The van der Waals surface area contributed by atoms with Crippen molar-refractivity contribution in [3.8, 4) is 39.6 Å². The molecule has 4 heterocycles. The van der Waals surface area contributed by atoms with E-state index in [2.05, 4.69) is 39.1 Å². The van der Waals surface area contributed by atoms with Crippen molar-refractivity contribution in [2.24, 2.45) is 5.10 Å². The van der Waals surface area contributed by atoms with E-state index in [1.54, 1.807) is 12.3 Å². The van der Waals surface area contributed by atoms with E-state index in [1.807, 2.05) is 5.10 Å². The van der Waals surface area contributed by atoms with Crippen molar-refractivity contribution >= 4 is 36.3 Å². The number of nitrogens with zero attached hydrogens (tertiary/aromatic N) is 5. The number of benzene rings is 2. The number of alkyl halides is 6. The van der Waals surface area contributed by atoms with Gasteiger partial charge in [0.2, 0.25) is 17.7 Å². The fraction of sp³-hybridized carbons (Fsp3) is 0.333. The van der Waals surface area contributed by atoms with Gasteiger partial charge in [-0.3, -0.25) is 49.3 Å². The smallest absolute Gasteiger partial charge is 0.432 e. The number of hydrogen-bond acceptors (Lipinski definition) is 15. The molecule has 1 atom stereocenters. The predicted octanol–water partition coefficient (Wildman–Crippen LogP) is 4.89. The number of carbonyl (C=O) groups is 5. The summed E-state index contributed by atoms with van der Waals surface area (Å²) in [5, 5.41) is 26.7. The van der Waals surface area contributed by atoms with Crippen LogP contribution in [-0.4, -0.2) is 138 Å². The number of amides is 5. The molecular formula is C45H44F6N8O11. The van der Waals surface area contributed by atoms with Crippen molar-refractivity contribution in [3.05, 3.63) is 102 Å². The summed E-state index contributed by atoms with van der Waals surface area (Å²) in [5.74, 6) is -3.90. The Hall–Kier alpha value is -7.64. The van der Waals surface area contributed by atoms with Crippen LogP contribution in [0, 0.1) is 0 Å². The highest BCUT2D eigenvalue weighted by Gasteiger charge is 2.46. The molecule has 2 aliphatic rings. The number of halogens is 6. The van der Waals surface area contributed by atoms with Crippen LogP contribution in [0.25, 0.3) is 22.4 Å². The number of hydrogen-bond donors (Lipinski definition) is 4. The van der Waals surface area contributed by atoms with Crippen LogP contribution in [-0.2, 0) is 40.9 Å². The number of rotatable bonds is 24. The van der Waals surface area contributed by atoms with Crippen molar-refractivity contribution in [2.75, 3.05) is 65.9 Å². The van der Waals surface area contributed by atoms with Gasteiger partial charge in [-0.1, -0.05) is 18.7 Å². The minimum Gasteiger partial charge on any atom is -0.506 e. The van der Waals surface area contributed by atoms with Crippen LogP contribution in [0.3, 0.4) is 0 Å². The van der Waals surface area contributed by atoms with Crippen molar-refractivity contribution in [1.82, 2.24) is 35.7 Å². The fourth-order valence-corrected chi connectivity index (χ4v) is 6.96. The Morgan fingerprint density at radius 1 is 0.886 bits per heavy atom. The molecule has 2 aliphatic heterocycles. The molecule has 1 unspecified atom stereocenters. The lowest BCUT2D eigenvalue weighted by Crippen LogP contribution is -2.54. The highest BCUT2D eigenvalue weighted by Crippen LogP contribution is 2.45. The second kappa shape index (κ2) is 23.1. The van der Waals surface area contributed by atoms with Gasteiger partial charge in [-0.05, 0) is 42.8 Å². The van der Waals surface area contributed by atoms with Crippen LogP contribution in [0.1, 0.15) is 44.8 Å². The number of H-pyrrole nitrogens is 1. The van der Waals surface area contributed by atoms with Gasteiger partial charge in [0.25, 0.3) is 11.8 Å². The summed E-state index contributed by atoms with van der Waals surface area (Å²) in [4.78, 5) is 67.4. The zero-order chi connectivity index (χ0) is 50.6. The number of nitrogens with one attached hydrogen (secondary N) is 3. The normalized spacial score (nSPS) is 15.1. The molecule has 70 heavy (non-hydrogen) atoms. The minimum atomic E-state index is -4.81. The summed E-state index contributed by atoms with van der Waals surface area (Å²) in [7, 11) is 0. The highest BCUT2D eigenvalue weighted by atomic mass is 19.4. The third-order valence-electron chi connectivity index (χ3n) is 10.4. The number of hydrazone groups is 1. The van der Waals surface area contributed by atoms with E-state index in [0.29, 0.717) is 23.9 Å². The van der Waals surface area contributed by atoms with Gasteiger partial charge in [-0.25, -0.2) is 0 Å². The first-order chi connectivity index (χ1) is 33.4. The molecule has 2 aromatic carbocycles. The summed E-state index contributed by atoms with van der Waals surface area (Å²) < 4.78 is 108. The molecule has 19 nitrogen and oxygen atoms in total. The average molecular weight is 987 g/mol. The molecule has 0 bridgehead atoms. The number of fused-ring (bicyclic) bond motifs is 1. The van der Waals surface area contributed by atoms with Gasteiger partial charge in [0.1, 0.15) is 48.8 Å². The first-order valence-corrected chi connectivity index (χ1v) is 21.1. The maximum atomic E-state index is 13.5. The number of imide groups is 2. The summed E-state index contributed by atoms with van der Waals surface area (Å²) in [6.45, 7) is 7.58. The van der Waals surface area contributed by atoms with Crippen molar-refractivity contribution in [1.29, 1.82) is 0 Å². The van der Waals surface area contributed by atoms with Gasteiger partial charge in [-0.2, -0.15) is 36.5 Å². The lowest BCUT2D eigenvalue weighted by atomic mass is 9.98. The molecule has 0 spiro atoms. The molecule has 6 rings (SSSR count). The number of piperidine rings is 1. The molecular weight excluding hydrogens is 943 g/mol. The number of aromatic nitrogens is 3. The number of ether oxygens (including phenoxy) is 5. The van der Waals surface area contributed by atoms with Crippen LogP contribution >= 0.6 is 0 Å². The molecule has 0 saturated carbocycles. The Kier molecular flexibility index (Phi) is 17.1. The number of pyridine rings is 1. The maximum absolute atomic E-state index is 13.5. The Balaban J connectivity index is 0.875. The summed E-state index contributed by atoms with van der Waals surface area (Å²) in [5.41, 5.74) is -2.91. The molecule has 1 saturated heterocycles. The van der Waals surface area contributed by atoms with E-state index in [1.165, 1.54) is 35.4 Å². The summed E-state index contributed by atoms with van der Waals surface area (Å²) in [6, 6.07) is 7.11. The lowest BCUT2D eigenvalue weighted by Gasteiger charge is -2.27. The number of aromatic amines is 1. The van der Waals surface area contributed by atoms with Gasteiger partial charge >= 0.3 is 12.4 Å². The molecule has 1 fully saturated rings. The van der Waals surface area contributed by atoms with Crippen LogP contribution in [0.15, 0.2) is 84.4 Å². The monoisotopic (exact) mass is 986 g/mol. The minimum absolute atomic E-state index is 0.000881. The third-order valence-corrected chi connectivity index (χ3v) is 10.4. The summed E-state index contributed by atoms with van der Waals surface area (Å²) >= 11 is 0. The fourth-order valence-electron chi connectivity index (χ4n) is 6.96. The van der Waals surface area contributed by atoms with E-state index >= 15 is 0 Å². The highest BCUT2D eigenvalue weighted by molar-refractivity contribution is 6.24. The zero-order valence-electron chi connectivity index (χ0n) is 36.9. The van der Waals surface area contributed by atoms with E-state index in [-0.39, 0.29) is 124 Å². The molecule has 372 valence electrons. The Morgan fingerprint density at radius 2 is 1.61 bits per heavy atom. The predicted molar refractivity (Wildman–Crippen MR) is 233 cm³/mol. The number of carbonyl (C=O) groups excluding carboxylic acids is 5. The lowest BCUT2D eigenvalue weighted by molar-refractivity contribution is -0.141. The molecule has 2 aromatic heterocycles. The largest absolute Gasteiger partial charge is 0.506 e. The van der Waals surface area contributed by atoms with E-state index in [4.69, 9.17) is 23.7 Å². The molecule has 0 radical (unpaired) electrons. The first-order valence-electron chi connectivity index (χ1n) is 21.1. The molecule has 4 aromatic rings. The Bertz CT molecular complexity index is 2640. The average Bonchev–Trinajstić information content (AvgIpc) is 3.92. The van der Waals surface area contributed by atoms with Crippen LogP contribution in [0.2, 0.25) is 0 Å². The second-order valence-electron chi connectivity index (χ2n) is 15.1. The topological polar surface area (TPSA) is 236 Å². The van der Waals surface area contributed by atoms with Crippen LogP contribution < -0.4 is 20.1 Å². The van der Waals surface area contributed by atoms with E-state index in [0.717, 1.165) is 11.1 Å². The summed E-state index contributed by atoms with van der Waals surface area (Å²) in [6.07, 6.45) is -4.92. The molecule has 0 aliphatic carbocycles. The SMILES string of the molecule is C=C/C(=C\N(CCOCCOCCOCC(=O)NCCOc1ccc(-c2cc(C(F)(F)F)[nH]n2)c(O)c1-c1cncc(C(F)(F)F)c1)N=C)COc1cccc2c1C(=O)N(C1CCC(=O)NC1=O)C2=O. The third kappa shape index (κ3) is 12.9. The first kappa shape index (κ1) is 51.7. The van der Waals surface area contributed by atoms with Gasteiger partial charge in [-0.15, -0.1) is 0 Å². The zero-order valence-corrected chi connectivity index (χ0v) is 36.9. The van der Waals surface area contributed by atoms with E-state index < -0.39 is 64.9 Å². The Morgan fingerprint density at radius 3 is 2.30 bits per heavy atom. The Labute approximate surface area is 394 Å². The van der Waals surface area contributed by atoms with Crippen LogP contribution in [0.4, 0.5) is 26.3 Å². The van der Waals surface area contributed by atoms with Gasteiger partial charge in [0, 0.05) is 48.4 Å². The number of aromatic hydroxyl groups is 1. The molecule has 25 heteroatoms. The van der Waals surface area contributed by atoms with Gasteiger partial charge < -0.3 is 34.1 Å². The van der Waals surface area contributed by atoms with Crippen molar-refractivity contribution in [3.63, 3.8) is 0 Å². The molecule has 4 N–H and O–H groups in total. The van der Waals surface area contributed by atoms with Gasteiger partial charge in [0.15, 0.2) is 0 Å². The van der Waals surface area contributed by atoms with Gasteiger partial charge in [0.05, 0.1) is 74.1 Å². The van der Waals surface area contributed by atoms with Crippen molar-refractivity contribution in [2.45, 2.75) is 31.2 Å². The number of phenolic OH excluding ortho intramolecular Hbond substituents is 1. The second-order valence-corrected chi connectivity index (χ2v) is 15.1. The quantitative estimate of drug-likeness (QED) is 0.0183. The number of phenols is 1. The molecule has 5 amide bonds. The van der Waals surface area contributed by atoms with Crippen LogP contribution in [0.5, 0.6) is 17.2 Å². The maximum Gasteiger partial charge on any atom is 0.432 e.